The number of benzene rings is 1. The fourth-order valence-corrected chi connectivity index (χ4v) is 2.14. The van der Waals surface area contributed by atoms with Gasteiger partial charge in [0.2, 0.25) is 5.90 Å². The molecule has 1 aliphatic heterocycles. The Morgan fingerprint density at radius 1 is 1.33 bits per heavy atom. The zero-order valence-electron chi connectivity index (χ0n) is 11.8. The van der Waals surface area contributed by atoms with Gasteiger partial charge in [-0.3, -0.25) is 0 Å². The summed E-state index contributed by atoms with van der Waals surface area (Å²) in [5.74, 6) is 1.95. The van der Waals surface area contributed by atoms with E-state index in [-0.39, 0.29) is 5.54 Å². The molecule has 2 rings (SSSR count). The van der Waals surface area contributed by atoms with E-state index >= 15 is 0 Å². The Kier molecular flexibility index (Phi) is 3.33. The first kappa shape index (κ1) is 12.9. The first-order valence-corrected chi connectivity index (χ1v) is 6.34. The normalized spacial score (nSPS) is 17.6. The van der Waals surface area contributed by atoms with E-state index in [1.807, 2.05) is 12.1 Å². The Morgan fingerprint density at radius 3 is 2.56 bits per heavy atom. The Balaban J connectivity index is 2.55. The van der Waals surface area contributed by atoms with Crippen molar-refractivity contribution in [2.24, 2.45) is 4.99 Å². The van der Waals surface area contributed by atoms with Crippen molar-refractivity contribution in [3.63, 3.8) is 0 Å². The summed E-state index contributed by atoms with van der Waals surface area (Å²) >= 11 is 0. The van der Waals surface area contributed by atoms with Gasteiger partial charge in [0.05, 0.1) is 18.2 Å². The van der Waals surface area contributed by atoms with Crippen LogP contribution >= 0.6 is 0 Å². The number of aliphatic imine (C=N–C) groups is 1. The number of hydrogen-bond acceptors (Lipinski definition) is 3. The van der Waals surface area contributed by atoms with Gasteiger partial charge in [0.1, 0.15) is 12.4 Å². The van der Waals surface area contributed by atoms with Crippen LogP contribution in [0, 0.1) is 0 Å². The highest BCUT2D eigenvalue weighted by molar-refractivity contribution is 5.99. The molecule has 0 unspecified atom stereocenters. The Bertz CT molecular complexity index is 475. The van der Waals surface area contributed by atoms with E-state index in [0.717, 1.165) is 11.3 Å². The zero-order valence-corrected chi connectivity index (χ0v) is 11.8. The highest BCUT2D eigenvalue weighted by Gasteiger charge is 2.30. The second-order valence-corrected chi connectivity index (χ2v) is 5.60. The first-order valence-electron chi connectivity index (χ1n) is 6.34. The summed E-state index contributed by atoms with van der Waals surface area (Å²) in [4.78, 5) is 4.66. The third-order valence-corrected chi connectivity index (χ3v) is 3.08. The third-order valence-electron chi connectivity index (χ3n) is 3.08. The largest absolute Gasteiger partial charge is 0.496 e. The molecule has 1 aliphatic rings. The van der Waals surface area contributed by atoms with E-state index in [4.69, 9.17) is 9.47 Å². The predicted octanol–water partition coefficient (Wildman–Crippen LogP) is 3.37. The smallest absolute Gasteiger partial charge is 0.220 e. The molecule has 0 fully saturated rings. The molecule has 18 heavy (non-hydrogen) atoms. The van der Waals surface area contributed by atoms with Crippen molar-refractivity contribution < 1.29 is 9.47 Å². The third kappa shape index (κ3) is 2.35. The fourth-order valence-electron chi connectivity index (χ4n) is 2.14. The lowest BCUT2D eigenvalue weighted by Crippen LogP contribution is -2.17. The molecule has 98 valence electrons. The average molecular weight is 247 g/mol. The predicted molar refractivity (Wildman–Crippen MR) is 73.7 cm³/mol. The lowest BCUT2D eigenvalue weighted by Gasteiger charge is -2.15. The van der Waals surface area contributed by atoms with Gasteiger partial charge in [-0.25, -0.2) is 4.99 Å². The van der Waals surface area contributed by atoms with Crippen LogP contribution in [0.25, 0.3) is 0 Å². The van der Waals surface area contributed by atoms with Crippen LogP contribution in [0.2, 0.25) is 0 Å². The highest BCUT2D eigenvalue weighted by Crippen LogP contribution is 2.32. The van der Waals surface area contributed by atoms with Gasteiger partial charge in [-0.15, -0.1) is 0 Å². The molecule has 0 amide bonds. The highest BCUT2D eigenvalue weighted by atomic mass is 16.5. The van der Waals surface area contributed by atoms with Crippen LogP contribution in [0.15, 0.2) is 23.2 Å². The van der Waals surface area contributed by atoms with Crippen molar-refractivity contribution in [2.45, 2.75) is 39.2 Å². The Hall–Kier alpha value is -1.51. The summed E-state index contributed by atoms with van der Waals surface area (Å²) in [5, 5.41) is 0. The maximum Gasteiger partial charge on any atom is 0.220 e. The van der Waals surface area contributed by atoms with Gasteiger partial charge >= 0.3 is 0 Å². The molecule has 0 aliphatic carbocycles. The van der Waals surface area contributed by atoms with E-state index in [9.17, 15) is 0 Å². The molecule has 1 aromatic carbocycles. The average Bonchev–Trinajstić information content (AvgIpc) is 2.68. The van der Waals surface area contributed by atoms with E-state index in [0.29, 0.717) is 18.4 Å². The lowest BCUT2D eigenvalue weighted by atomic mass is 9.96. The Morgan fingerprint density at radius 2 is 2.06 bits per heavy atom. The molecule has 1 aromatic rings. The summed E-state index contributed by atoms with van der Waals surface area (Å²) in [5.41, 5.74) is 2.07. The molecule has 3 nitrogen and oxygen atoms in total. The molecule has 0 N–H and O–H groups in total. The van der Waals surface area contributed by atoms with E-state index in [1.165, 1.54) is 5.56 Å². The summed E-state index contributed by atoms with van der Waals surface area (Å²) < 4.78 is 11.2. The van der Waals surface area contributed by atoms with E-state index in [2.05, 4.69) is 38.8 Å². The van der Waals surface area contributed by atoms with Gasteiger partial charge < -0.3 is 9.47 Å². The minimum Gasteiger partial charge on any atom is -0.496 e. The maximum absolute atomic E-state index is 5.76. The molecule has 0 saturated carbocycles. The molecule has 0 aromatic heterocycles. The quantitative estimate of drug-likeness (QED) is 0.820. The SMILES string of the molecule is COc1cccc(C(C)C)c1C1=NC(C)(C)CO1. The maximum atomic E-state index is 5.76. The molecule has 0 atom stereocenters. The minimum absolute atomic E-state index is 0.148. The summed E-state index contributed by atoms with van der Waals surface area (Å²) in [7, 11) is 1.68. The molecule has 0 saturated heterocycles. The standard InChI is InChI=1S/C15H21NO2/c1-10(2)11-7-6-8-12(17-5)13(11)14-16-15(3,4)9-18-14/h6-8,10H,9H2,1-5H3. The van der Waals surface area contributed by atoms with Crippen LogP contribution < -0.4 is 4.74 Å². The van der Waals surface area contributed by atoms with Gasteiger partial charge in [0.25, 0.3) is 0 Å². The second kappa shape index (κ2) is 4.63. The molecule has 0 bridgehead atoms. The van der Waals surface area contributed by atoms with Crippen LogP contribution in [-0.4, -0.2) is 25.2 Å². The molecular weight excluding hydrogens is 226 g/mol. The number of methoxy groups -OCH3 is 1. The van der Waals surface area contributed by atoms with Gasteiger partial charge in [-0.1, -0.05) is 26.0 Å². The Labute approximate surface area is 109 Å². The van der Waals surface area contributed by atoms with Gasteiger partial charge in [-0.2, -0.15) is 0 Å². The van der Waals surface area contributed by atoms with E-state index in [1.54, 1.807) is 7.11 Å². The van der Waals surface area contributed by atoms with E-state index < -0.39 is 0 Å². The first-order chi connectivity index (χ1) is 8.44. The number of nitrogens with zero attached hydrogens (tertiary/aromatic N) is 1. The lowest BCUT2D eigenvalue weighted by molar-refractivity contribution is 0.278. The summed E-state index contributed by atoms with van der Waals surface area (Å²) in [6.07, 6.45) is 0. The molecule has 0 spiro atoms. The van der Waals surface area contributed by atoms with Crippen LogP contribution in [0.1, 0.15) is 44.7 Å². The summed E-state index contributed by atoms with van der Waals surface area (Å²) in [6.45, 7) is 9.10. The number of rotatable bonds is 3. The molecule has 0 radical (unpaired) electrons. The van der Waals surface area contributed by atoms with Crippen molar-refractivity contribution in [3.8, 4) is 5.75 Å². The number of hydrogen-bond donors (Lipinski definition) is 0. The van der Waals surface area contributed by atoms with Crippen molar-refractivity contribution in [2.75, 3.05) is 13.7 Å². The van der Waals surface area contributed by atoms with Crippen LogP contribution in [0.5, 0.6) is 5.75 Å². The molecular formula is C15H21NO2. The van der Waals surface area contributed by atoms with Crippen molar-refractivity contribution >= 4 is 5.90 Å². The van der Waals surface area contributed by atoms with Crippen molar-refractivity contribution in [3.05, 3.63) is 29.3 Å². The zero-order chi connectivity index (χ0) is 13.3. The topological polar surface area (TPSA) is 30.8 Å². The second-order valence-electron chi connectivity index (χ2n) is 5.60. The molecule has 1 heterocycles. The van der Waals surface area contributed by atoms with Crippen LogP contribution in [-0.2, 0) is 4.74 Å². The van der Waals surface area contributed by atoms with Gasteiger partial charge in [0.15, 0.2) is 0 Å². The fraction of sp³-hybridized carbons (Fsp3) is 0.533. The van der Waals surface area contributed by atoms with Crippen LogP contribution in [0.4, 0.5) is 0 Å². The van der Waals surface area contributed by atoms with Gasteiger partial charge in [0, 0.05) is 0 Å². The minimum atomic E-state index is -0.148. The van der Waals surface area contributed by atoms with Crippen molar-refractivity contribution in [1.82, 2.24) is 0 Å². The monoisotopic (exact) mass is 247 g/mol. The molecule has 3 heteroatoms. The van der Waals surface area contributed by atoms with Crippen molar-refractivity contribution in [1.29, 1.82) is 0 Å². The number of ether oxygens (including phenoxy) is 2. The van der Waals surface area contributed by atoms with Gasteiger partial charge in [-0.05, 0) is 31.4 Å². The van der Waals surface area contributed by atoms with Crippen LogP contribution in [0.3, 0.4) is 0 Å². The summed E-state index contributed by atoms with van der Waals surface area (Å²) in [6, 6.07) is 6.08.